The molecule has 12 heavy (non-hydrogen) atoms. The highest BCUT2D eigenvalue weighted by molar-refractivity contribution is 7.41. The Bertz CT molecular complexity index is 433. The van der Waals surface area contributed by atoms with E-state index in [0.717, 1.165) is 10.5 Å². The molecule has 1 atom stereocenters. The lowest BCUT2D eigenvalue weighted by molar-refractivity contribution is 1.85. The van der Waals surface area contributed by atoms with Crippen LogP contribution < -0.4 is 0 Å². The molecule has 1 unspecified atom stereocenters. The van der Waals surface area contributed by atoms with Gasteiger partial charge in [0, 0.05) is 10.5 Å². The van der Waals surface area contributed by atoms with E-state index in [-0.39, 0.29) is 0 Å². The standard InChI is InChI=1S/C8H4Cl3P/c9-4-2-1-3-5-6(4)7(10)8(11)12-5/h1-3,12H. The van der Waals surface area contributed by atoms with Crippen molar-refractivity contribution in [2.45, 2.75) is 0 Å². The Hall–Kier alpha value is 0.130. The maximum atomic E-state index is 5.97. The predicted molar refractivity (Wildman–Crippen MR) is 58.5 cm³/mol. The van der Waals surface area contributed by atoms with Crippen molar-refractivity contribution in [3.8, 4) is 0 Å². The SMILES string of the molecule is Clc1[pH]c2cccc(Cl)c2c1Cl. The van der Waals surface area contributed by atoms with Crippen LogP contribution in [0.3, 0.4) is 0 Å². The summed E-state index contributed by atoms with van der Waals surface area (Å²) in [5.41, 5.74) is 0. The van der Waals surface area contributed by atoms with Crippen LogP contribution in [0.4, 0.5) is 0 Å². The summed E-state index contributed by atoms with van der Waals surface area (Å²) in [6, 6.07) is 5.73. The number of hydrogen-bond acceptors (Lipinski definition) is 0. The van der Waals surface area contributed by atoms with Crippen LogP contribution in [0, 0.1) is 0 Å². The lowest BCUT2D eigenvalue weighted by atomic mass is 10.3. The van der Waals surface area contributed by atoms with Gasteiger partial charge in [0.2, 0.25) is 0 Å². The highest BCUT2D eigenvalue weighted by Gasteiger charge is 2.09. The Morgan fingerprint density at radius 1 is 1.08 bits per heavy atom. The Balaban J connectivity index is 2.97. The van der Waals surface area contributed by atoms with Crippen LogP contribution in [0.15, 0.2) is 18.2 Å². The number of rotatable bonds is 0. The Kier molecular flexibility index (Phi) is 2.27. The van der Waals surface area contributed by atoms with Crippen molar-refractivity contribution in [2.75, 3.05) is 0 Å². The summed E-state index contributed by atoms with van der Waals surface area (Å²) in [5, 5.41) is 3.33. The Morgan fingerprint density at radius 2 is 1.83 bits per heavy atom. The summed E-state index contributed by atoms with van der Waals surface area (Å²) >= 11 is 17.8. The van der Waals surface area contributed by atoms with Crippen LogP contribution in [0.5, 0.6) is 0 Å². The van der Waals surface area contributed by atoms with Crippen LogP contribution in [0.25, 0.3) is 10.5 Å². The van der Waals surface area contributed by atoms with Gasteiger partial charge < -0.3 is 0 Å². The maximum Gasteiger partial charge on any atom is 0.0764 e. The van der Waals surface area contributed by atoms with E-state index in [1.165, 1.54) is 0 Å². The molecule has 62 valence electrons. The van der Waals surface area contributed by atoms with Crippen molar-refractivity contribution in [1.82, 2.24) is 0 Å². The molecule has 0 saturated carbocycles. The fraction of sp³-hybridized carbons (Fsp3) is 0. The second kappa shape index (κ2) is 3.12. The van der Waals surface area contributed by atoms with E-state index in [1.54, 1.807) is 0 Å². The quantitative estimate of drug-likeness (QED) is 0.615. The molecule has 2 aromatic rings. The normalized spacial score (nSPS) is 11.6. The summed E-state index contributed by atoms with van der Waals surface area (Å²) in [7, 11) is 0.459. The van der Waals surface area contributed by atoms with E-state index in [9.17, 15) is 0 Å². The summed E-state index contributed by atoms with van der Waals surface area (Å²) < 4.78 is 0.708. The number of hydrogen-bond donors (Lipinski definition) is 0. The van der Waals surface area contributed by atoms with Gasteiger partial charge in [-0.3, -0.25) is 0 Å². The Labute approximate surface area is 86.5 Å². The zero-order chi connectivity index (χ0) is 8.72. The summed E-state index contributed by atoms with van der Waals surface area (Å²) in [6.45, 7) is 0. The molecular weight excluding hydrogens is 233 g/mol. The third kappa shape index (κ3) is 1.24. The van der Waals surface area contributed by atoms with Gasteiger partial charge >= 0.3 is 0 Å². The van der Waals surface area contributed by atoms with Gasteiger partial charge in [-0.05, 0) is 6.07 Å². The fourth-order valence-electron chi connectivity index (χ4n) is 1.13. The second-order valence-electron chi connectivity index (χ2n) is 2.42. The molecule has 1 heterocycles. The smallest absolute Gasteiger partial charge is 0.0764 e. The van der Waals surface area contributed by atoms with Crippen molar-refractivity contribution >= 4 is 53.5 Å². The molecule has 0 amide bonds. The minimum Gasteiger partial charge on any atom is -0.110 e. The topological polar surface area (TPSA) is 0 Å². The first kappa shape index (κ1) is 8.72. The third-order valence-corrected chi connectivity index (χ3v) is 4.25. The van der Waals surface area contributed by atoms with Gasteiger partial charge in [-0.1, -0.05) is 46.9 Å². The van der Waals surface area contributed by atoms with E-state index in [4.69, 9.17) is 34.8 Å². The molecular formula is C8H4Cl3P. The molecule has 4 heteroatoms. The van der Waals surface area contributed by atoms with Crippen molar-refractivity contribution in [1.29, 1.82) is 0 Å². The first-order chi connectivity index (χ1) is 5.70. The van der Waals surface area contributed by atoms with Crippen LogP contribution in [0.1, 0.15) is 0 Å². The minimum atomic E-state index is 0.459. The molecule has 0 aliphatic rings. The molecule has 0 aliphatic heterocycles. The zero-order valence-electron chi connectivity index (χ0n) is 5.87. The van der Waals surface area contributed by atoms with Gasteiger partial charge in [0.05, 0.1) is 14.8 Å². The highest BCUT2D eigenvalue weighted by Crippen LogP contribution is 2.45. The number of benzene rings is 1. The summed E-state index contributed by atoms with van der Waals surface area (Å²) in [6.07, 6.45) is 0. The van der Waals surface area contributed by atoms with Gasteiger partial charge in [-0.25, -0.2) is 0 Å². The second-order valence-corrected chi connectivity index (χ2v) is 5.18. The van der Waals surface area contributed by atoms with E-state index >= 15 is 0 Å². The van der Waals surface area contributed by atoms with Crippen LogP contribution in [-0.4, -0.2) is 0 Å². The average Bonchev–Trinajstić information content (AvgIpc) is 2.29. The van der Waals surface area contributed by atoms with Crippen LogP contribution in [-0.2, 0) is 0 Å². The van der Waals surface area contributed by atoms with Crippen LogP contribution >= 0.6 is 43.0 Å². The van der Waals surface area contributed by atoms with E-state index in [0.29, 0.717) is 23.0 Å². The van der Waals surface area contributed by atoms with Gasteiger partial charge in [-0.15, -0.1) is 8.19 Å². The van der Waals surface area contributed by atoms with Gasteiger partial charge in [0.25, 0.3) is 0 Å². The molecule has 0 spiro atoms. The molecule has 0 N–H and O–H groups in total. The molecule has 2 rings (SSSR count). The van der Waals surface area contributed by atoms with Crippen molar-refractivity contribution < 1.29 is 0 Å². The molecule has 0 fully saturated rings. The largest absolute Gasteiger partial charge is 0.110 e. The molecule has 0 bridgehead atoms. The first-order valence-corrected chi connectivity index (χ1v) is 5.44. The fourth-order valence-corrected chi connectivity index (χ4v) is 3.39. The predicted octanol–water partition coefficient (Wildman–Crippen LogP) is 4.83. The molecule has 1 aromatic heterocycles. The van der Waals surface area contributed by atoms with Gasteiger partial charge in [0.1, 0.15) is 0 Å². The maximum absolute atomic E-state index is 5.97. The van der Waals surface area contributed by atoms with E-state index in [1.807, 2.05) is 18.2 Å². The third-order valence-electron chi connectivity index (χ3n) is 1.67. The lowest BCUT2D eigenvalue weighted by Gasteiger charge is -1.92. The summed E-state index contributed by atoms with van der Waals surface area (Å²) in [5.74, 6) is 0. The van der Waals surface area contributed by atoms with Gasteiger partial charge in [0.15, 0.2) is 0 Å². The van der Waals surface area contributed by atoms with E-state index < -0.39 is 0 Å². The number of fused-ring (bicyclic) bond motifs is 1. The van der Waals surface area contributed by atoms with Crippen molar-refractivity contribution in [2.24, 2.45) is 0 Å². The monoisotopic (exact) mass is 236 g/mol. The van der Waals surface area contributed by atoms with E-state index in [2.05, 4.69) is 0 Å². The van der Waals surface area contributed by atoms with Crippen LogP contribution in [0.2, 0.25) is 14.8 Å². The summed E-state index contributed by atoms with van der Waals surface area (Å²) in [4.78, 5) is 0. The lowest BCUT2D eigenvalue weighted by Crippen LogP contribution is -1.65. The van der Waals surface area contributed by atoms with Crippen molar-refractivity contribution in [3.05, 3.63) is 33.0 Å². The average molecular weight is 237 g/mol. The highest BCUT2D eigenvalue weighted by atomic mass is 35.5. The minimum absolute atomic E-state index is 0.459. The molecule has 0 aliphatic carbocycles. The molecule has 0 saturated heterocycles. The molecule has 0 radical (unpaired) electrons. The molecule has 1 aromatic carbocycles. The molecule has 0 nitrogen and oxygen atoms in total. The first-order valence-electron chi connectivity index (χ1n) is 3.31. The zero-order valence-corrected chi connectivity index (χ0v) is 9.13. The Morgan fingerprint density at radius 3 is 2.50 bits per heavy atom. The number of halogens is 3. The van der Waals surface area contributed by atoms with Gasteiger partial charge in [-0.2, -0.15) is 0 Å². The van der Waals surface area contributed by atoms with Crippen molar-refractivity contribution in [3.63, 3.8) is 0 Å².